The van der Waals surface area contributed by atoms with Gasteiger partial charge >= 0.3 is 0 Å². The molecule has 19 heavy (non-hydrogen) atoms. The first-order valence-corrected chi connectivity index (χ1v) is 6.92. The van der Waals surface area contributed by atoms with Gasteiger partial charge < -0.3 is 15.0 Å². The average Bonchev–Trinajstić information content (AvgIpc) is 2.72. The summed E-state index contributed by atoms with van der Waals surface area (Å²) in [5.74, 6) is 1.03. The Morgan fingerprint density at radius 1 is 1.42 bits per heavy atom. The molecule has 0 bridgehead atoms. The smallest absolute Gasteiger partial charge is 0.160 e. The molecule has 0 aliphatic heterocycles. The number of halogens is 1. The van der Waals surface area contributed by atoms with Gasteiger partial charge in [-0.05, 0) is 12.5 Å². The Bertz CT molecular complexity index is 541. The first kappa shape index (κ1) is 14.2. The molecule has 5 nitrogen and oxygen atoms in total. The van der Waals surface area contributed by atoms with E-state index >= 15 is 0 Å². The lowest BCUT2D eigenvalue weighted by atomic mass is 10.3. The zero-order valence-corrected chi connectivity index (χ0v) is 11.9. The summed E-state index contributed by atoms with van der Waals surface area (Å²) >= 11 is 5.95. The minimum Gasteiger partial charge on any atom is -0.378 e. The molecule has 6 heteroatoms. The van der Waals surface area contributed by atoms with Crippen molar-refractivity contribution in [3.8, 4) is 0 Å². The third kappa shape index (κ3) is 3.43. The molecule has 0 fully saturated rings. The Hall–Kier alpha value is -1.17. The van der Waals surface area contributed by atoms with Gasteiger partial charge in [-0.15, -0.1) is 0 Å². The van der Waals surface area contributed by atoms with Gasteiger partial charge in [0.2, 0.25) is 0 Å². The third-order valence-electron chi connectivity index (χ3n) is 2.83. The Morgan fingerprint density at radius 2 is 2.26 bits per heavy atom. The van der Waals surface area contributed by atoms with Gasteiger partial charge in [-0.2, -0.15) is 0 Å². The van der Waals surface area contributed by atoms with Crippen LogP contribution in [0.4, 0.5) is 0 Å². The first-order chi connectivity index (χ1) is 9.26. The molecule has 0 aromatic carbocycles. The maximum Gasteiger partial charge on any atom is 0.160 e. The number of imidazole rings is 1. The maximum absolute atomic E-state index is 5.95. The second-order valence-electron chi connectivity index (χ2n) is 4.33. The van der Waals surface area contributed by atoms with Crippen molar-refractivity contribution in [2.24, 2.45) is 5.73 Å². The largest absolute Gasteiger partial charge is 0.378 e. The van der Waals surface area contributed by atoms with Crippen LogP contribution in [0.15, 0.2) is 12.3 Å². The summed E-state index contributed by atoms with van der Waals surface area (Å²) in [5, 5.41) is 0.611. The summed E-state index contributed by atoms with van der Waals surface area (Å²) < 4.78 is 7.54. The van der Waals surface area contributed by atoms with E-state index in [1.165, 1.54) is 0 Å². The van der Waals surface area contributed by atoms with Crippen LogP contribution in [0.2, 0.25) is 5.02 Å². The van der Waals surface area contributed by atoms with Crippen molar-refractivity contribution < 1.29 is 4.74 Å². The molecule has 2 rings (SSSR count). The molecular formula is C13H19ClN4O. The molecule has 2 N–H and O–H groups in total. The van der Waals surface area contributed by atoms with Crippen molar-refractivity contribution in [3.05, 3.63) is 23.1 Å². The average molecular weight is 283 g/mol. The Morgan fingerprint density at radius 3 is 3.00 bits per heavy atom. The van der Waals surface area contributed by atoms with Crippen molar-refractivity contribution in [3.63, 3.8) is 0 Å². The van der Waals surface area contributed by atoms with E-state index < -0.39 is 0 Å². The second-order valence-corrected chi connectivity index (χ2v) is 4.76. The summed E-state index contributed by atoms with van der Waals surface area (Å²) in [5.41, 5.74) is 7.11. The highest BCUT2D eigenvalue weighted by atomic mass is 35.5. The summed E-state index contributed by atoms with van der Waals surface area (Å²) in [7, 11) is 0. The van der Waals surface area contributed by atoms with Gasteiger partial charge in [0.05, 0.1) is 18.2 Å². The standard InChI is InChI=1S/C13H19ClN4O/c1-2-3-12-17-11-8-10(14)9-16-13(11)18(12)5-7-19-6-4-15/h8-9H,2-7,15H2,1H3. The van der Waals surface area contributed by atoms with Crippen molar-refractivity contribution >= 4 is 22.8 Å². The molecule has 2 aromatic heterocycles. The monoisotopic (exact) mass is 282 g/mol. The molecule has 0 saturated heterocycles. The number of hydrogen-bond acceptors (Lipinski definition) is 4. The lowest BCUT2D eigenvalue weighted by Gasteiger charge is -2.08. The highest BCUT2D eigenvalue weighted by Crippen LogP contribution is 2.18. The summed E-state index contributed by atoms with van der Waals surface area (Å²) in [6.45, 7) is 4.61. The minimum atomic E-state index is 0.542. The van der Waals surface area contributed by atoms with Crippen LogP contribution in [-0.4, -0.2) is 34.3 Å². The number of rotatable bonds is 7. The number of hydrogen-bond donors (Lipinski definition) is 1. The lowest BCUT2D eigenvalue weighted by molar-refractivity contribution is 0.133. The maximum atomic E-state index is 5.95. The van der Waals surface area contributed by atoms with Crippen LogP contribution in [0, 0.1) is 0 Å². The van der Waals surface area contributed by atoms with Gasteiger partial charge in [0, 0.05) is 25.7 Å². The van der Waals surface area contributed by atoms with Crippen LogP contribution in [0.5, 0.6) is 0 Å². The van der Waals surface area contributed by atoms with E-state index in [-0.39, 0.29) is 0 Å². The van der Waals surface area contributed by atoms with Gasteiger partial charge in [0.1, 0.15) is 11.3 Å². The fraction of sp³-hybridized carbons (Fsp3) is 0.538. The van der Waals surface area contributed by atoms with Crippen molar-refractivity contribution in [1.29, 1.82) is 0 Å². The second kappa shape index (κ2) is 6.84. The highest BCUT2D eigenvalue weighted by molar-refractivity contribution is 6.31. The van der Waals surface area contributed by atoms with Gasteiger partial charge in [-0.1, -0.05) is 18.5 Å². The molecule has 0 amide bonds. The number of nitrogens with zero attached hydrogens (tertiary/aromatic N) is 3. The molecule has 0 atom stereocenters. The Labute approximate surface area is 117 Å². The van der Waals surface area contributed by atoms with Gasteiger partial charge in [-0.25, -0.2) is 9.97 Å². The van der Waals surface area contributed by atoms with E-state index in [0.29, 0.717) is 24.8 Å². The van der Waals surface area contributed by atoms with E-state index in [1.54, 1.807) is 6.20 Å². The summed E-state index contributed by atoms with van der Waals surface area (Å²) in [4.78, 5) is 8.97. The zero-order valence-electron chi connectivity index (χ0n) is 11.1. The number of pyridine rings is 1. The fourth-order valence-corrected chi connectivity index (χ4v) is 2.18. The van der Waals surface area contributed by atoms with E-state index in [4.69, 9.17) is 22.1 Å². The molecule has 0 unspecified atom stereocenters. The Balaban J connectivity index is 2.24. The van der Waals surface area contributed by atoms with Crippen molar-refractivity contribution in [2.45, 2.75) is 26.3 Å². The first-order valence-electron chi connectivity index (χ1n) is 6.54. The van der Waals surface area contributed by atoms with Crippen molar-refractivity contribution in [2.75, 3.05) is 19.8 Å². The van der Waals surface area contributed by atoms with Crippen LogP contribution in [0.25, 0.3) is 11.2 Å². The van der Waals surface area contributed by atoms with E-state index in [1.807, 2.05) is 6.07 Å². The third-order valence-corrected chi connectivity index (χ3v) is 3.03. The predicted octanol–water partition coefficient (Wildman–Crippen LogP) is 2.01. The molecule has 0 aliphatic carbocycles. The summed E-state index contributed by atoms with van der Waals surface area (Å²) in [6, 6.07) is 1.85. The zero-order chi connectivity index (χ0) is 13.7. The van der Waals surface area contributed by atoms with Crippen molar-refractivity contribution in [1.82, 2.24) is 14.5 Å². The number of ether oxygens (including phenoxy) is 1. The van der Waals surface area contributed by atoms with E-state index in [0.717, 1.165) is 36.4 Å². The van der Waals surface area contributed by atoms with Crippen LogP contribution in [-0.2, 0) is 17.7 Å². The molecule has 0 saturated carbocycles. The van der Waals surface area contributed by atoms with Crippen LogP contribution < -0.4 is 5.73 Å². The van der Waals surface area contributed by atoms with Crippen LogP contribution in [0.1, 0.15) is 19.2 Å². The molecule has 2 aromatic rings. The van der Waals surface area contributed by atoms with Gasteiger partial charge in [0.25, 0.3) is 0 Å². The van der Waals surface area contributed by atoms with Crippen LogP contribution >= 0.6 is 11.6 Å². The van der Waals surface area contributed by atoms with E-state index in [9.17, 15) is 0 Å². The SMILES string of the molecule is CCCc1nc2cc(Cl)cnc2n1CCOCCN. The van der Waals surface area contributed by atoms with Gasteiger partial charge in [0.15, 0.2) is 5.65 Å². The number of aromatic nitrogens is 3. The fourth-order valence-electron chi connectivity index (χ4n) is 2.02. The number of nitrogens with two attached hydrogens (primary N) is 1. The summed E-state index contributed by atoms with van der Waals surface area (Å²) in [6.07, 6.45) is 3.62. The minimum absolute atomic E-state index is 0.542. The van der Waals surface area contributed by atoms with E-state index in [2.05, 4.69) is 21.5 Å². The van der Waals surface area contributed by atoms with Crippen LogP contribution in [0.3, 0.4) is 0 Å². The topological polar surface area (TPSA) is 66.0 Å². The lowest BCUT2D eigenvalue weighted by Crippen LogP contribution is -2.14. The highest BCUT2D eigenvalue weighted by Gasteiger charge is 2.11. The molecule has 0 radical (unpaired) electrons. The molecule has 2 heterocycles. The molecule has 0 aliphatic rings. The van der Waals surface area contributed by atoms with Gasteiger partial charge in [-0.3, -0.25) is 0 Å². The number of aryl methyl sites for hydroxylation is 1. The Kier molecular flexibility index (Phi) is 5.13. The quantitative estimate of drug-likeness (QED) is 0.789. The molecular weight excluding hydrogens is 264 g/mol. The normalized spacial score (nSPS) is 11.3. The number of fused-ring (bicyclic) bond motifs is 1. The molecule has 104 valence electrons. The molecule has 0 spiro atoms. The predicted molar refractivity (Wildman–Crippen MR) is 76.4 cm³/mol.